The first kappa shape index (κ1) is 35.9. The van der Waals surface area contributed by atoms with E-state index in [1.807, 2.05) is 13.0 Å². The average molecular weight is 674 g/mol. The van der Waals surface area contributed by atoms with Crippen LogP contribution in [0.2, 0.25) is 0 Å². The van der Waals surface area contributed by atoms with Crippen molar-refractivity contribution < 1.29 is 38.9 Å². The number of aliphatic carboxylic acids is 2. The van der Waals surface area contributed by atoms with Gasteiger partial charge in [0, 0.05) is 22.5 Å². The molecule has 0 spiro atoms. The van der Waals surface area contributed by atoms with Crippen LogP contribution >= 0.6 is 12.6 Å². The maximum atomic E-state index is 14.7. The number of hydrogen-bond acceptors (Lipinski definition) is 7. The van der Waals surface area contributed by atoms with E-state index in [9.17, 15) is 29.1 Å². The predicted octanol–water partition coefficient (Wildman–Crippen LogP) is 6.24. The lowest BCUT2D eigenvalue weighted by Crippen LogP contribution is -2.67. The van der Waals surface area contributed by atoms with E-state index >= 15 is 0 Å². The molecular weight excluding hydrogens is 618 g/mol. The number of rotatable bonds is 8. The van der Waals surface area contributed by atoms with Gasteiger partial charge in [-0.1, -0.05) is 54.0 Å². The Balaban J connectivity index is 1.46. The fourth-order valence-electron chi connectivity index (χ4n) is 11.5. The van der Waals surface area contributed by atoms with Crippen LogP contribution in [0.1, 0.15) is 119 Å². The molecule has 4 fully saturated rings. The Labute approximate surface area is 284 Å². The minimum Gasteiger partial charge on any atom is -0.481 e. The fourth-order valence-corrected chi connectivity index (χ4v) is 11.8. The van der Waals surface area contributed by atoms with Gasteiger partial charge in [0.25, 0.3) is 0 Å². The Hall–Kier alpha value is -2.36. The van der Waals surface area contributed by atoms with E-state index in [0.29, 0.717) is 19.3 Å². The second kappa shape index (κ2) is 11.9. The van der Waals surface area contributed by atoms with E-state index in [1.54, 1.807) is 0 Å². The summed E-state index contributed by atoms with van der Waals surface area (Å²) in [5.41, 5.74) is -0.841. The number of allylic oxidation sites excluding steroid dienone is 2. The molecule has 0 saturated heterocycles. The first-order valence-corrected chi connectivity index (χ1v) is 18.1. The number of carboxylic acid groups (broad SMARTS) is 2. The van der Waals surface area contributed by atoms with Crippen LogP contribution in [-0.4, -0.2) is 57.7 Å². The number of ketones is 1. The molecule has 0 aliphatic heterocycles. The molecule has 1 amide bonds. The van der Waals surface area contributed by atoms with E-state index in [-0.39, 0.29) is 81.2 Å². The van der Waals surface area contributed by atoms with Crippen molar-refractivity contribution in [2.24, 2.45) is 50.2 Å². The molecule has 10 atom stereocenters. The molecule has 1 unspecified atom stereocenters. The van der Waals surface area contributed by atoms with E-state index in [4.69, 9.17) is 9.84 Å². The largest absolute Gasteiger partial charge is 0.481 e. The third-order valence-corrected chi connectivity index (χ3v) is 15.0. The number of carbonyl (C=O) groups excluding carboxylic acids is 3. The zero-order valence-corrected chi connectivity index (χ0v) is 30.1. The smallest absolute Gasteiger partial charge is 0.327 e. The van der Waals surface area contributed by atoms with Crippen molar-refractivity contribution in [3.05, 3.63) is 11.6 Å². The Morgan fingerprint density at radius 2 is 1.60 bits per heavy atom. The number of carbonyl (C=O) groups is 5. The number of ether oxygens (including phenoxy) is 1. The highest BCUT2D eigenvalue weighted by Crippen LogP contribution is 2.75. The molecule has 5 aliphatic carbocycles. The van der Waals surface area contributed by atoms with Crippen LogP contribution in [0.5, 0.6) is 0 Å². The molecule has 262 valence electrons. The zero-order chi connectivity index (χ0) is 35.0. The maximum absolute atomic E-state index is 14.7. The van der Waals surface area contributed by atoms with Crippen LogP contribution in [0.25, 0.3) is 0 Å². The summed E-state index contributed by atoms with van der Waals surface area (Å²) in [6.07, 6.45) is 8.43. The van der Waals surface area contributed by atoms with Crippen molar-refractivity contribution in [1.82, 2.24) is 5.32 Å². The molecule has 3 N–H and O–H groups in total. The highest BCUT2D eigenvalue weighted by atomic mass is 32.1. The van der Waals surface area contributed by atoms with E-state index in [0.717, 1.165) is 38.5 Å². The van der Waals surface area contributed by atoms with Crippen LogP contribution in [0.4, 0.5) is 0 Å². The monoisotopic (exact) mass is 673 g/mol. The van der Waals surface area contributed by atoms with Gasteiger partial charge in [-0.25, -0.2) is 4.79 Å². The summed E-state index contributed by atoms with van der Waals surface area (Å²) >= 11 is 4.14. The summed E-state index contributed by atoms with van der Waals surface area (Å²) in [6.45, 7) is 15.5. The summed E-state index contributed by atoms with van der Waals surface area (Å²) in [7, 11) is 0. The van der Waals surface area contributed by atoms with Gasteiger partial charge < -0.3 is 20.3 Å². The number of thiol groups is 1. The maximum Gasteiger partial charge on any atom is 0.327 e. The Bertz CT molecular complexity index is 1390. The number of carboxylic acids is 2. The SMILES string of the molecule is CC1(C)[C@@H](OC(=O)CCC(=O)O)CC[C@]2(C)[C@H]3C(=O)C=C4[C@@H]5C[C@@](C)(C(=O)NC(CS)C(=O)O)CC[C@]5(C)CC[C@@]4(C)[C@]3(C)CC[C@@H]12. The van der Waals surface area contributed by atoms with Crippen molar-refractivity contribution >= 4 is 42.2 Å². The first-order chi connectivity index (χ1) is 21.7. The molecule has 4 saturated carbocycles. The van der Waals surface area contributed by atoms with Crippen LogP contribution in [0.3, 0.4) is 0 Å². The zero-order valence-electron chi connectivity index (χ0n) is 29.2. The second-order valence-electron chi connectivity index (χ2n) is 17.5. The van der Waals surface area contributed by atoms with Crippen LogP contribution in [-0.2, 0) is 28.7 Å². The quantitative estimate of drug-likeness (QED) is 0.175. The number of amides is 1. The molecular formula is C37H55NO8S. The van der Waals surface area contributed by atoms with Crippen LogP contribution < -0.4 is 5.32 Å². The minimum absolute atomic E-state index is 0.0141. The number of fused-ring (bicyclic) bond motifs is 7. The van der Waals surface area contributed by atoms with Crippen molar-refractivity contribution in [2.75, 3.05) is 5.75 Å². The highest BCUT2D eigenvalue weighted by Gasteiger charge is 2.70. The summed E-state index contributed by atoms with van der Waals surface area (Å²) in [4.78, 5) is 63.6. The highest BCUT2D eigenvalue weighted by molar-refractivity contribution is 7.80. The first-order valence-electron chi connectivity index (χ1n) is 17.5. The molecule has 5 aliphatic rings. The standard InChI is InChI=1S/C37H55NO8S/c1-32(2)25-10-13-37(7)29(35(25,5)12-11-26(32)46-28(42)9-8-27(40)41)24(39)18-21-22-19-34(4,31(45)38-23(20-47)30(43)44)15-14-33(22,3)16-17-36(21,37)6/h18,22-23,25-26,29,47H,8-17,19-20H2,1-7H3,(H,38,45)(H,40,41)(H,43,44)/t22-,23?,25-,26-,29+,33+,34-,35-,36+,37+/m0/s1. The number of esters is 1. The number of hydrogen-bond donors (Lipinski definition) is 4. The summed E-state index contributed by atoms with van der Waals surface area (Å²) in [6, 6.07) is -1.05. The molecule has 0 aromatic heterocycles. The van der Waals surface area contributed by atoms with Gasteiger partial charge in [-0.15, -0.1) is 0 Å². The Morgan fingerprint density at radius 1 is 0.936 bits per heavy atom. The van der Waals surface area contributed by atoms with Gasteiger partial charge in [0.2, 0.25) is 5.91 Å². The van der Waals surface area contributed by atoms with E-state index in [2.05, 4.69) is 59.5 Å². The molecule has 0 aromatic carbocycles. The molecule has 0 radical (unpaired) electrons. The number of nitrogens with one attached hydrogen (secondary N) is 1. The van der Waals surface area contributed by atoms with Gasteiger partial charge in [0.1, 0.15) is 12.1 Å². The van der Waals surface area contributed by atoms with Gasteiger partial charge in [-0.05, 0) is 97.4 Å². The van der Waals surface area contributed by atoms with Crippen LogP contribution in [0.15, 0.2) is 11.6 Å². The van der Waals surface area contributed by atoms with Crippen LogP contribution in [0, 0.1) is 50.2 Å². The van der Waals surface area contributed by atoms with E-state index < -0.39 is 29.4 Å². The van der Waals surface area contributed by atoms with Crippen molar-refractivity contribution in [3.63, 3.8) is 0 Å². The Morgan fingerprint density at radius 3 is 2.21 bits per heavy atom. The lowest BCUT2D eigenvalue weighted by atomic mass is 9.33. The van der Waals surface area contributed by atoms with Gasteiger partial charge in [0.05, 0.1) is 12.8 Å². The van der Waals surface area contributed by atoms with E-state index in [1.165, 1.54) is 5.57 Å². The van der Waals surface area contributed by atoms with Gasteiger partial charge >= 0.3 is 17.9 Å². The third-order valence-electron chi connectivity index (χ3n) is 14.7. The lowest BCUT2D eigenvalue weighted by Gasteiger charge is -2.70. The molecule has 0 aromatic rings. The van der Waals surface area contributed by atoms with Gasteiger partial charge in [-0.2, -0.15) is 12.6 Å². The predicted molar refractivity (Wildman–Crippen MR) is 180 cm³/mol. The molecule has 0 bridgehead atoms. The lowest BCUT2D eigenvalue weighted by molar-refractivity contribution is -0.211. The second-order valence-corrected chi connectivity index (χ2v) is 17.9. The molecule has 9 nitrogen and oxygen atoms in total. The summed E-state index contributed by atoms with van der Waals surface area (Å²) < 4.78 is 5.93. The average Bonchev–Trinajstić information content (AvgIpc) is 2.97. The fraction of sp³-hybridized carbons (Fsp3) is 0.811. The summed E-state index contributed by atoms with van der Waals surface area (Å²) in [5, 5.41) is 21.3. The van der Waals surface area contributed by atoms with Crippen molar-refractivity contribution in [2.45, 2.75) is 131 Å². The molecule has 0 heterocycles. The third kappa shape index (κ3) is 5.56. The van der Waals surface area contributed by atoms with Gasteiger partial charge in [0.15, 0.2) is 5.78 Å². The van der Waals surface area contributed by atoms with Crippen molar-refractivity contribution in [3.8, 4) is 0 Å². The normalized spacial score (nSPS) is 42.7. The topological polar surface area (TPSA) is 147 Å². The summed E-state index contributed by atoms with van der Waals surface area (Å²) in [5.74, 6) is -2.69. The minimum atomic E-state index is -1.10. The molecule has 10 heteroatoms. The molecule has 47 heavy (non-hydrogen) atoms. The Kier molecular flexibility index (Phi) is 9.10. The van der Waals surface area contributed by atoms with Gasteiger partial charge in [-0.3, -0.25) is 19.2 Å². The molecule has 5 rings (SSSR count). The van der Waals surface area contributed by atoms with Crippen molar-refractivity contribution in [1.29, 1.82) is 0 Å².